The zero-order valence-electron chi connectivity index (χ0n) is 11.7. The van der Waals surface area contributed by atoms with Crippen LogP contribution in [0.15, 0.2) is 0 Å². The summed E-state index contributed by atoms with van der Waals surface area (Å²) >= 11 is 0. The second-order valence-electron chi connectivity index (χ2n) is 6.40. The predicted molar refractivity (Wildman–Crippen MR) is 75.3 cm³/mol. The molecule has 0 heterocycles. The first kappa shape index (κ1) is 13.4. The monoisotopic (exact) mass is 237 g/mol. The normalized spacial score (nSPS) is 27.4. The van der Waals surface area contributed by atoms with Crippen LogP contribution in [0.1, 0.15) is 84.0 Å². The van der Waals surface area contributed by atoms with E-state index in [9.17, 15) is 0 Å². The maximum absolute atomic E-state index is 3.96. The highest BCUT2D eigenvalue weighted by atomic mass is 14.9. The highest BCUT2D eigenvalue weighted by Gasteiger charge is 2.21. The first-order chi connectivity index (χ1) is 8.36. The molecule has 1 heteroatoms. The third-order valence-corrected chi connectivity index (χ3v) is 4.96. The van der Waals surface area contributed by atoms with E-state index in [1.165, 1.54) is 77.0 Å². The highest BCUT2D eigenvalue weighted by molar-refractivity contribution is 4.80. The molecule has 0 aliphatic heterocycles. The van der Waals surface area contributed by atoms with Gasteiger partial charge in [0, 0.05) is 12.1 Å². The average Bonchev–Trinajstić information content (AvgIpc) is 2.72. The van der Waals surface area contributed by atoms with Crippen molar-refractivity contribution in [3.05, 3.63) is 0 Å². The third kappa shape index (κ3) is 4.62. The summed E-state index contributed by atoms with van der Waals surface area (Å²) in [5, 5.41) is 3.96. The zero-order valence-corrected chi connectivity index (χ0v) is 11.7. The lowest BCUT2D eigenvalue weighted by Crippen LogP contribution is -2.40. The topological polar surface area (TPSA) is 12.0 Å². The van der Waals surface area contributed by atoms with Crippen LogP contribution >= 0.6 is 0 Å². The fraction of sp³-hybridized carbons (Fsp3) is 1.00. The fourth-order valence-electron chi connectivity index (χ4n) is 3.76. The molecule has 2 aliphatic carbocycles. The summed E-state index contributed by atoms with van der Waals surface area (Å²) < 4.78 is 0. The Morgan fingerprint density at radius 3 is 1.71 bits per heavy atom. The van der Waals surface area contributed by atoms with Gasteiger partial charge >= 0.3 is 0 Å². The molecule has 1 N–H and O–H groups in total. The van der Waals surface area contributed by atoms with Gasteiger partial charge in [-0.3, -0.25) is 0 Å². The van der Waals surface area contributed by atoms with Gasteiger partial charge in [-0.05, 0) is 38.5 Å². The van der Waals surface area contributed by atoms with E-state index in [0.717, 1.165) is 18.0 Å². The van der Waals surface area contributed by atoms with Gasteiger partial charge in [-0.2, -0.15) is 0 Å². The van der Waals surface area contributed by atoms with E-state index in [2.05, 4.69) is 12.2 Å². The third-order valence-electron chi connectivity index (χ3n) is 4.96. The molecule has 100 valence electrons. The molecular formula is C16H31N. The summed E-state index contributed by atoms with van der Waals surface area (Å²) in [6.45, 7) is 2.45. The molecule has 0 amide bonds. The van der Waals surface area contributed by atoms with Crippen LogP contribution in [0, 0.1) is 5.92 Å². The van der Waals surface area contributed by atoms with Gasteiger partial charge in [0.15, 0.2) is 0 Å². The van der Waals surface area contributed by atoms with Crippen LogP contribution in [-0.4, -0.2) is 12.1 Å². The average molecular weight is 237 g/mol. The molecular weight excluding hydrogens is 206 g/mol. The van der Waals surface area contributed by atoms with Crippen LogP contribution in [0.2, 0.25) is 0 Å². The Morgan fingerprint density at radius 1 is 0.706 bits per heavy atom. The smallest absolute Gasteiger partial charge is 0.00696 e. The predicted octanol–water partition coefficient (Wildman–Crippen LogP) is 4.66. The fourth-order valence-corrected chi connectivity index (χ4v) is 3.76. The van der Waals surface area contributed by atoms with Crippen molar-refractivity contribution in [2.45, 2.75) is 96.1 Å². The van der Waals surface area contributed by atoms with Crippen molar-refractivity contribution in [2.24, 2.45) is 5.92 Å². The Labute approximate surface area is 108 Å². The van der Waals surface area contributed by atoms with Crippen molar-refractivity contribution in [1.82, 2.24) is 5.32 Å². The van der Waals surface area contributed by atoms with E-state index in [1.807, 2.05) is 0 Å². The van der Waals surface area contributed by atoms with Crippen molar-refractivity contribution in [3.63, 3.8) is 0 Å². The minimum atomic E-state index is 0.760. The van der Waals surface area contributed by atoms with Crippen molar-refractivity contribution >= 4 is 0 Å². The summed E-state index contributed by atoms with van der Waals surface area (Å²) in [7, 11) is 0. The Morgan fingerprint density at radius 2 is 1.18 bits per heavy atom. The van der Waals surface area contributed by atoms with E-state index in [-0.39, 0.29) is 0 Å². The number of hydrogen-bond donors (Lipinski definition) is 1. The van der Waals surface area contributed by atoms with E-state index >= 15 is 0 Å². The van der Waals surface area contributed by atoms with Gasteiger partial charge in [-0.1, -0.05) is 51.4 Å². The minimum absolute atomic E-state index is 0.760. The number of hydrogen-bond acceptors (Lipinski definition) is 1. The van der Waals surface area contributed by atoms with Gasteiger partial charge in [0.05, 0.1) is 0 Å². The molecule has 0 unspecified atom stereocenters. The quantitative estimate of drug-likeness (QED) is 0.704. The number of nitrogens with one attached hydrogen (secondary N) is 1. The summed E-state index contributed by atoms with van der Waals surface area (Å²) in [6, 6.07) is 1.59. The van der Waals surface area contributed by atoms with Gasteiger partial charge in [-0.25, -0.2) is 0 Å². The lowest BCUT2D eigenvalue weighted by Gasteiger charge is -2.28. The van der Waals surface area contributed by atoms with Crippen LogP contribution in [0.5, 0.6) is 0 Å². The molecule has 0 bridgehead atoms. The summed E-state index contributed by atoms with van der Waals surface area (Å²) in [4.78, 5) is 0. The Bertz CT molecular complexity index is 186. The van der Waals surface area contributed by atoms with Gasteiger partial charge in [0.2, 0.25) is 0 Å². The summed E-state index contributed by atoms with van der Waals surface area (Å²) in [5.74, 6) is 0.959. The second-order valence-corrected chi connectivity index (χ2v) is 6.40. The molecule has 1 atom stereocenters. The summed E-state index contributed by atoms with van der Waals surface area (Å²) in [6.07, 6.45) is 17.5. The molecule has 17 heavy (non-hydrogen) atoms. The SMILES string of the molecule is C[C@H](NC1CCCCCC1)C1CCCCCC1. The molecule has 0 aromatic rings. The molecule has 0 saturated heterocycles. The molecule has 0 radical (unpaired) electrons. The molecule has 2 fully saturated rings. The summed E-state index contributed by atoms with van der Waals surface area (Å²) in [5.41, 5.74) is 0. The van der Waals surface area contributed by atoms with Gasteiger partial charge in [-0.15, -0.1) is 0 Å². The molecule has 0 spiro atoms. The van der Waals surface area contributed by atoms with E-state index < -0.39 is 0 Å². The lowest BCUT2D eigenvalue weighted by atomic mass is 9.92. The molecule has 2 rings (SSSR count). The van der Waals surface area contributed by atoms with Gasteiger partial charge < -0.3 is 5.32 Å². The van der Waals surface area contributed by atoms with Crippen molar-refractivity contribution < 1.29 is 0 Å². The molecule has 1 nitrogen and oxygen atoms in total. The van der Waals surface area contributed by atoms with E-state index in [1.54, 1.807) is 0 Å². The Kier molecular flexibility index (Phi) is 5.84. The van der Waals surface area contributed by atoms with Gasteiger partial charge in [0.1, 0.15) is 0 Å². The standard InChI is InChI=1S/C16H31N/c1-14(15-10-6-2-3-7-11-15)17-16-12-8-4-5-9-13-16/h14-17H,2-13H2,1H3/t14-/m0/s1. The number of rotatable bonds is 3. The zero-order chi connectivity index (χ0) is 11.9. The Balaban J connectivity index is 1.75. The minimum Gasteiger partial charge on any atom is -0.311 e. The van der Waals surface area contributed by atoms with Crippen molar-refractivity contribution in [3.8, 4) is 0 Å². The first-order valence-corrected chi connectivity index (χ1v) is 8.12. The molecule has 2 saturated carbocycles. The largest absolute Gasteiger partial charge is 0.311 e. The van der Waals surface area contributed by atoms with E-state index in [4.69, 9.17) is 0 Å². The lowest BCUT2D eigenvalue weighted by molar-refractivity contribution is 0.296. The Hall–Kier alpha value is -0.0400. The molecule has 2 aliphatic rings. The first-order valence-electron chi connectivity index (χ1n) is 8.12. The van der Waals surface area contributed by atoms with Crippen LogP contribution < -0.4 is 5.32 Å². The molecule has 0 aromatic carbocycles. The maximum Gasteiger partial charge on any atom is 0.00696 e. The second kappa shape index (κ2) is 7.41. The molecule has 0 aromatic heterocycles. The van der Waals surface area contributed by atoms with Gasteiger partial charge in [0.25, 0.3) is 0 Å². The highest BCUT2D eigenvalue weighted by Crippen LogP contribution is 2.26. The van der Waals surface area contributed by atoms with E-state index in [0.29, 0.717) is 0 Å². The van der Waals surface area contributed by atoms with Crippen LogP contribution in [0.4, 0.5) is 0 Å². The van der Waals surface area contributed by atoms with Crippen LogP contribution in [0.25, 0.3) is 0 Å². The van der Waals surface area contributed by atoms with Crippen LogP contribution in [-0.2, 0) is 0 Å². The van der Waals surface area contributed by atoms with Crippen molar-refractivity contribution in [1.29, 1.82) is 0 Å². The van der Waals surface area contributed by atoms with Crippen LogP contribution in [0.3, 0.4) is 0 Å². The van der Waals surface area contributed by atoms with Crippen molar-refractivity contribution in [2.75, 3.05) is 0 Å². The maximum atomic E-state index is 3.96.